The van der Waals surface area contributed by atoms with Crippen LogP contribution in [-0.4, -0.2) is 54.3 Å². The second-order valence-electron chi connectivity index (χ2n) is 7.54. The summed E-state index contributed by atoms with van der Waals surface area (Å²) < 4.78 is 0. The van der Waals surface area contributed by atoms with E-state index in [1.165, 1.54) is 31.5 Å². The molecule has 1 saturated carbocycles. The Labute approximate surface area is 181 Å². The minimum absolute atomic E-state index is 0. The Morgan fingerprint density at radius 3 is 2.44 bits per heavy atom. The number of hydrogen-bond acceptors (Lipinski definition) is 3. The average Bonchev–Trinajstić information content (AvgIpc) is 3.19. The lowest BCUT2D eigenvalue weighted by atomic mass is 9.93. The van der Waals surface area contributed by atoms with Crippen molar-refractivity contribution in [3.8, 4) is 0 Å². The van der Waals surface area contributed by atoms with E-state index in [0.29, 0.717) is 12.1 Å². The summed E-state index contributed by atoms with van der Waals surface area (Å²) in [5.74, 6) is 0.911. The minimum atomic E-state index is -0.120. The van der Waals surface area contributed by atoms with Gasteiger partial charge in [0.2, 0.25) is 0 Å². The molecule has 1 aromatic rings. The van der Waals surface area contributed by atoms with E-state index in [1.807, 2.05) is 0 Å². The van der Waals surface area contributed by atoms with Crippen LogP contribution in [0, 0.1) is 0 Å². The third-order valence-corrected chi connectivity index (χ3v) is 5.57. The number of benzene rings is 1. The largest absolute Gasteiger partial charge is 0.393 e. The van der Waals surface area contributed by atoms with Crippen molar-refractivity contribution in [2.45, 2.75) is 63.6 Å². The predicted molar refractivity (Wildman–Crippen MR) is 123 cm³/mol. The molecular formula is C21H35IN4O. The highest BCUT2D eigenvalue weighted by Gasteiger charge is 2.24. The summed E-state index contributed by atoms with van der Waals surface area (Å²) in [5.41, 5.74) is 1.36. The first-order valence-corrected chi connectivity index (χ1v) is 10.3. The van der Waals surface area contributed by atoms with E-state index in [-0.39, 0.29) is 30.1 Å². The number of nitrogens with one attached hydrogen (secondary N) is 2. The van der Waals surface area contributed by atoms with Gasteiger partial charge in [0.05, 0.1) is 18.7 Å². The van der Waals surface area contributed by atoms with E-state index in [2.05, 4.69) is 52.8 Å². The van der Waals surface area contributed by atoms with Crippen molar-refractivity contribution >= 4 is 29.9 Å². The monoisotopic (exact) mass is 486 g/mol. The zero-order chi connectivity index (χ0) is 18.2. The summed E-state index contributed by atoms with van der Waals surface area (Å²) in [4.78, 5) is 7.51. The van der Waals surface area contributed by atoms with Gasteiger partial charge in [-0.15, -0.1) is 24.0 Å². The molecule has 6 heteroatoms. The number of rotatable bonds is 6. The molecule has 0 aromatic heterocycles. The lowest BCUT2D eigenvalue weighted by Gasteiger charge is -2.29. The molecule has 0 radical (unpaired) electrons. The molecule has 2 aliphatic rings. The molecule has 5 nitrogen and oxygen atoms in total. The molecule has 1 aromatic carbocycles. The van der Waals surface area contributed by atoms with Crippen LogP contribution in [0.5, 0.6) is 0 Å². The van der Waals surface area contributed by atoms with Gasteiger partial charge in [0, 0.05) is 12.6 Å². The topological polar surface area (TPSA) is 59.9 Å². The molecule has 0 bridgehead atoms. The first-order chi connectivity index (χ1) is 12.8. The fourth-order valence-corrected chi connectivity index (χ4v) is 4.07. The highest BCUT2D eigenvalue weighted by molar-refractivity contribution is 14.0. The van der Waals surface area contributed by atoms with Gasteiger partial charge in [-0.3, -0.25) is 9.89 Å². The van der Waals surface area contributed by atoms with Crippen LogP contribution in [0.1, 0.15) is 57.1 Å². The predicted octanol–water partition coefficient (Wildman–Crippen LogP) is 3.30. The van der Waals surface area contributed by atoms with Crippen molar-refractivity contribution in [1.29, 1.82) is 0 Å². The summed E-state index contributed by atoms with van der Waals surface area (Å²) >= 11 is 0. The van der Waals surface area contributed by atoms with Gasteiger partial charge in [-0.2, -0.15) is 0 Å². The average molecular weight is 486 g/mol. The quantitative estimate of drug-likeness (QED) is 0.328. The Bertz CT molecular complexity index is 555. The molecule has 152 valence electrons. The van der Waals surface area contributed by atoms with Crippen LogP contribution in [0.2, 0.25) is 0 Å². The van der Waals surface area contributed by atoms with E-state index < -0.39 is 0 Å². The first-order valence-electron chi connectivity index (χ1n) is 10.3. The van der Waals surface area contributed by atoms with Crippen LogP contribution in [0.4, 0.5) is 0 Å². The van der Waals surface area contributed by atoms with Gasteiger partial charge < -0.3 is 15.7 Å². The van der Waals surface area contributed by atoms with E-state index in [0.717, 1.165) is 44.7 Å². The van der Waals surface area contributed by atoms with Crippen LogP contribution in [0.25, 0.3) is 0 Å². The van der Waals surface area contributed by atoms with Crippen molar-refractivity contribution in [2.24, 2.45) is 4.99 Å². The van der Waals surface area contributed by atoms with Crippen LogP contribution >= 0.6 is 24.0 Å². The Balaban J connectivity index is 0.00000261. The molecule has 1 heterocycles. The highest BCUT2D eigenvalue weighted by Crippen LogP contribution is 2.25. The van der Waals surface area contributed by atoms with Crippen molar-refractivity contribution < 1.29 is 5.11 Å². The van der Waals surface area contributed by atoms with Crippen LogP contribution in [0.3, 0.4) is 0 Å². The third kappa shape index (κ3) is 6.91. The SMILES string of the molecule is CCNC(=NCC(c1ccccc1)N1CCCC1)NC1CCC(O)CC1.I. The third-order valence-electron chi connectivity index (χ3n) is 5.57. The van der Waals surface area contributed by atoms with Crippen molar-refractivity contribution in [1.82, 2.24) is 15.5 Å². The van der Waals surface area contributed by atoms with Gasteiger partial charge in [0.25, 0.3) is 0 Å². The number of aliphatic hydroxyl groups excluding tert-OH is 1. The zero-order valence-corrected chi connectivity index (χ0v) is 18.8. The van der Waals surface area contributed by atoms with E-state index >= 15 is 0 Å². The van der Waals surface area contributed by atoms with E-state index in [9.17, 15) is 5.11 Å². The molecular weight excluding hydrogens is 451 g/mol. The van der Waals surface area contributed by atoms with E-state index in [1.54, 1.807) is 0 Å². The number of halogens is 1. The van der Waals surface area contributed by atoms with Crippen molar-refractivity contribution in [3.05, 3.63) is 35.9 Å². The Kier molecular flexibility index (Phi) is 9.86. The molecule has 1 saturated heterocycles. The molecule has 1 aliphatic heterocycles. The number of guanidine groups is 1. The number of aliphatic imine (C=N–C) groups is 1. The first kappa shape index (κ1) is 22.4. The van der Waals surface area contributed by atoms with Gasteiger partial charge >= 0.3 is 0 Å². The molecule has 27 heavy (non-hydrogen) atoms. The number of hydrogen-bond donors (Lipinski definition) is 3. The highest BCUT2D eigenvalue weighted by atomic mass is 127. The maximum atomic E-state index is 9.71. The lowest BCUT2D eigenvalue weighted by Crippen LogP contribution is -2.45. The van der Waals surface area contributed by atoms with Gasteiger partial charge in [0.1, 0.15) is 0 Å². The van der Waals surface area contributed by atoms with Crippen LogP contribution < -0.4 is 10.6 Å². The van der Waals surface area contributed by atoms with Gasteiger partial charge in [-0.05, 0) is 64.1 Å². The Hall–Kier alpha value is -0.860. The molecule has 2 fully saturated rings. The second kappa shape index (κ2) is 11.9. The molecule has 3 rings (SSSR count). The Morgan fingerprint density at radius 1 is 1.15 bits per heavy atom. The maximum absolute atomic E-state index is 9.71. The number of likely N-dealkylation sites (tertiary alicyclic amines) is 1. The van der Waals surface area contributed by atoms with Crippen LogP contribution in [0.15, 0.2) is 35.3 Å². The van der Waals surface area contributed by atoms with Gasteiger partial charge in [-0.1, -0.05) is 30.3 Å². The van der Waals surface area contributed by atoms with Gasteiger partial charge in [-0.25, -0.2) is 0 Å². The van der Waals surface area contributed by atoms with Crippen molar-refractivity contribution in [3.63, 3.8) is 0 Å². The summed E-state index contributed by atoms with van der Waals surface area (Å²) in [6.07, 6.45) is 6.25. The minimum Gasteiger partial charge on any atom is -0.393 e. The van der Waals surface area contributed by atoms with Crippen LogP contribution in [-0.2, 0) is 0 Å². The molecule has 1 unspecified atom stereocenters. The number of aliphatic hydroxyl groups is 1. The summed E-state index contributed by atoms with van der Waals surface area (Å²) in [6.45, 7) is 6.08. The van der Waals surface area contributed by atoms with E-state index in [4.69, 9.17) is 4.99 Å². The zero-order valence-electron chi connectivity index (χ0n) is 16.4. The molecule has 3 N–H and O–H groups in total. The second-order valence-corrected chi connectivity index (χ2v) is 7.54. The van der Waals surface area contributed by atoms with Gasteiger partial charge in [0.15, 0.2) is 5.96 Å². The fourth-order valence-electron chi connectivity index (χ4n) is 4.07. The standard InChI is InChI=1S/C21H34N4O.HI/c1-2-22-21(24-18-10-12-19(26)13-11-18)23-16-20(25-14-6-7-15-25)17-8-4-3-5-9-17;/h3-5,8-9,18-20,26H,2,6-7,10-16H2,1H3,(H2,22,23,24);1H. The molecule has 1 atom stereocenters. The van der Waals surface area contributed by atoms with Crippen molar-refractivity contribution in [2.75, 3.05) is 26.2 Å². The molecule has 0 amide bonds. The normalized spacial score (nSPS) is 24.9. The number of nitrogens with zero attached hydrogens (tertiary/aromatic N) is 2. The molecule has 0 spiro atoms. The smallest absolute Gasteiger partial charge is 0.191 e. The fraction of sp³-hybridized carbons (Fsp3) is 0.667. The summed E-state index contributed by atoms with van der Waals surface area (Å²) in [6, 6.07) is 11.5. The summed E-state index contributed by atoms with van der Waals surface area (Å²) in [5, 5.41) is 16.7. The summed E-state index contributed by atoms with van der Waals surface area (Å²) in [7, 11) is 0. The maximum Gasteiger partial charge on any atom is 0.191 e. The lowest BCUT2D eigenvalue weighted by molar-refractivity contribution is 0.120. The molecule has 1 aliphatic carbocycles. The Morgan fingerprint density at radius 2 is 1.81 bits per heavy atom.